The first-order chi connectivity index (χ1) is 14.2. The van der Waals surface area contributed by atoms with E-state index in [4.69, 9.17) is 0 Å². The van der Waals surface area contributed by atoms with E-state index in [-0.39, 0.29) is 16.0 Å². The molecule has 1 N–H and O–H groups in total. The topological polar surface area (TPSA) is 75.2 Å². The zero-order chi connectivity index (χ0) is 21.3. The van der Waals surface area contributed by atoms with E-state index in [0.29, 0.717) is 27.6 Å². The number of halogens is 1. The molecule has 2 fully saturated rings. The van der Waals surface area contributed by atoms with Crippen LogP contribution in [0.2, 0.25) is 0 Å². The number of sulfone groups is 1. The quantitative estimate of drug-likeness (QED) is 0.647. The first kappa shape index (κ1) is 19.4. The van der Waals surface area contributed by atoms with Gasteiger partial charge in [-0.25, -0.2) is 12.8 Å². The van der Waals surface area contributed by atoms with Gasteiger partial charge in [-0.1, -0.05) is 0 Å². The maximum Gasteiger partial charge on any atom is 0.274 e. The Balaban J connectivity index is 1.68. The van der Waals surface area contributed by atoms with Crippen molar-refractivity contribution in [2.75, 3.05) is 24.2 Å². The summed E-state index contributed by atoms with van der Waals surface area (Å²) in [4.78, 5) is 17.4. The molecule has 0 unspecified atom stereocenters. The highest BCUT2D eigenvalue weighted by Crippen LogP contribution is 2.54. The van der Waals surface area contributed by atoms with Gasteiger partial charge in [0, 0.05) is 55.3 Å². The van der Waals surface area contributed by atoms with Crippen molar-refractivity contribution in [1.29, 1.82) is 0 Å². The Morgan fingerprint density at radius 3 is 2.43 bits per heavy atom. The fraction of sp³-hybridized carbons (Fsp3) is 0.409. The molecule has 0 atom stereocenters. The Hall–Kier alpha value is -2.61. The molecular formula is C22H24FN3O3S. The van der Waals surface area contributed by atoms with Gasteiger partial charge >= 0.3 is 0 Å². The van der Waals surface area contributed by atoms with Crippen LogP contribution in [0.15, 0.2) is 40.3 Å². The normalized spacial score (nSPS) is 18.3. The predicted octanol–water partition coefficient (Wildman–Crippen LogP) is 3.46. The van der Waals surface area contributed by atoms with E-state index in [9.17, 15) is 13.2 Å². The third-order valence-corrected chi connectivity index (χ3v) is 7.88. The van der Waals surface area contributed by atoms with Crippen LogP contribution in [-0.4, -0.2) is 37.3 Å². The summed E-state index contributed by atoms with van der Waals surface area (Å²) in [7, 11) is -1.99. The van der Waals surface area contributed by atoms with Gasteiger partial charge in [0.25, 0.3) is 5.56 Å². The first-order valence-electron chi connectivity index (χ1n) is 10.1. The molecule has 0 amide bonds. The summed E-state index contributed by atoms with van der Waals surface area (Å²) in [6.45, 7) is 1.48. The summed E-state index contributed by atoms with van der Waals surface area (Å²) in [6.07, 6.45) is 8.86. The van der Waals surface area contributed by atoms with Crippen molar-refractivity contribution >= 4 is 26.4 Å². The van der Waals surface area contributed by atoms with Gasteiger partial charge in [0.05, 0.1) is 10.6 Å². The molecule has 5 rings (SSSR count). The largest absolute Gasteiger partial charge is 0.370 e. The highest BCUT2D eigenvalue weighted by Gasteiger charge is 2.44. The molecule has 1 aliphatic heterocycles. The van der Waals surface area contributed by atoms with Crippen LogP contribution in [0.3, 0.4) is 0 Å². The zero-order valence-electron chi connectivity index (χ0n) is 17.0. The van der Waals surface area contributed by atoms with E-state index in [1.165, 1.54) is 29.5 Å². The Labute approximate surface area is 174 Å². The monoisotopic (exact) mass is 429 g/mol. The van der Waals surface area contributed by atoms with Gasteiger partial charge < -0.3 is 14.5 Å². The van der Waals surface area contributed by atoms with E-state index < -0.39 is 15.7 Å². The van der Waals surface area contributed by atoms with Crippen molar-refractivity contribution in [3.8, 4) is 11.1 Å². The molecule has 0 bridgehead atoms. The zero-order valence-corrected chi connectivity index (χ0v) is 17.9. The minimum Gasteiger partial charge on any atom is -0.370 e. The lowest BCUT2D eigenvalue weighted by Crippen LogP contribution is -2.35. The van der Waals surface area contributed by atoms with Crippen LogP contribution in [0.25, 0.3) is 22.0 Å². The van der Waals surface area contributed by atoms with Gasteiger partial charge in [-0.2, -0.15) is 0 Å². The molecule has 2 aliphatic rings. The number of hydrogen-bond acceptors (Lipinski definition) is 4. The number of nitrogens with zero attached hydrogens (tertiary/aromatic N) is 2. The highest BCUT2D eigenvalue weighted by molar-refractivity contribution is 7.90. The summed E-state index contributed by atoms with van der Waals surface area (Å²) < 4.78 is 42.1. The fourth-order valence-electron chi connectivity index (χ4n) is 4.68. The third-order valence-electron chi connectivity index (χ3n) is 6.75. The number of nitrogens with one attached hydrogen (secondary N) is 1. The van der Waals surface area contributed by atoms with Gasteiger partial charge in [0.15, 0.2) is 9.84 Å². The number of hydrogen-bond donors (Lipinski definition) is 1. The number of fused-ring (bicyclic) bond motifs is 1. The second-order valence-corrected chi connectivity index (χ2v) is 10.8. The minimum absolute atomic E-state index is 0.128. The molecule has 1 saturated carbocycles. The minimum atomic E-state index is -3.59. The molecule has 1 saturated heterocycles. The maximum absolute atomic E-state index is 15.4. The van der Waals surface area contributed by atoms with Crippen LogP contribution in [0.1, 0.15) is 25.7 Å². The average molecular weight is 430 g/mol. The standard InChI is InChI=1S/C22H24FN3O3S/c1-25-13-16(14-3-8-24-20(14)21(25)27)15-11-19(30(2,28)29)18(12-17(15)23)26-9-6-22(4-5-22)7-10-26/h3,8,11-13,24H,4-7,9-10H2,1-2H3. The average Bonchev–Trinajstić information content (AvgIpc) is 3.25. The number of pyridine rings is 1. The first-order valence-corrected chi connectivity index (χ1v) is 12.0. The van der Waals surface area contributed by atoms with E-state index in [0.717, 1.165) is 32.2 Å². The molecule has 3 heterocycles. The van der Waals surface area contributed by atoms with Crippen molar-refractivity contribution in [3.05, 3.63) is 46.8 Å². The molecule has 1 aliphatic carbocycles. The Bertz CT molecular complexity index is 1330. The summed E-state index contributed by atoms with van der Waals surface area (Å²) >= 11 is 0. The molecule has 30 heavy (non-hydrogen) atoms. The number of anilines is 1. The van der Waals surface area contributed by atoms with Crippen LogP contribution < -0.4 is 10.5 Å². The molecule has 0 radical (unpaired) electrons. The highest BCUT2D eigenvalue weighted by atomic mass is 32.2. The van der Waals surface area contributed by atoms with E-state index in [2.05, 4.69) is 4.98 Å². The summed E-state index contributed by atoms with van der Waals surface area (Å²) in [6, 6.07) is 4.48. The second kappa shape index (κ2) is 6.44. The van der Waals surface area contributed by atoms with Crippen molar-refractivity contribution in [2.24, 2.45) is 12.5 Å². The summed E-state index contributed by atoms with van der Waals surface area (Å²) in [5, 5.41) is 0.567. The molecular weight excluding hydrogens is 405 g/mol. The number of rotatable bonds is 3. The van der Waals surface area contributed by atoms with Crippen molar-refractivity contribution in [1.82, 2.24) is 9.55 Å². The molecule has 1 spiro atoms. The number of aromatic amines is 1. The predicted molar refractivity (Wildman–Crippen MR) is 115 cm³/mol. The number of benzene rings is 1. The van der Waals surface area contributed by atoms with Crippen LogP contribution in [0, 0.1) is 11.2 Å². The molecule has 1 aromatic carbocycles. The molecule has 2 aromatic heterocycles. The Morgan fingerprint density at radius 1 is 1.10 bits per heavy atom. The number of piperidine rings is 1. The van der Waals surface area contributed by atoms with Crippen molar-refractivity contribution in [2.45, 2.75) is 30.6 Å². The number of H-pyrrole nitrogens is 1. The summed E-state index contributed by atoms with van der Waals surface area (Å²) in [5.41, 5.74) is 1.68. The van der Waals surface area contributed by atoms with Crippen LogP contribution in [0.4, 0.5) is 10.1 Å². The maximum atomic E-state index is 15.4. The fourth-order valence-corrected chi connectivity index (χ4v) is 5.58. The van der Waals surface area contributed by atoms with E-state index in [1.807, 2.05) is 4.90 Å². The van der Waals surface area contributed by atoms with Gasteiger partial charge in [0.1, 0.15) is 11.3 Å². The third kappa shape index (κ3) is 3.05. The van der Waals surface area contributed by atoms with E-state index in [1.54, 1.807) is 25.5 Å². The Morgan fingerprint density at radius 2 is 1.80 bits per heavy atom. The number of aromatic nitrogens is 2. The summed E-state index contributed by atoms with van der Waals surface area (Å²) in [5.74, 6) is -0.495. The SMILES string of the molecule is Cn1cc(-c2cc(S(C)(=O)=O)c(N3CCC4(CC3)CC4)cc2F)c2cc[nH]c2c1=O. The lowest BCUT2D eigenvalue weighted by atomic mass is 9.93. The smallest absolute Gasteiger partial charge is 0.274 e. The van der Waals surface area contributed by atoms with Crippen molar-refractivity contribution in [3.63, 3.8) is 0 Å². The number of aryl methyl sites for hydroxylation is 1. The van der Waals surface area contributed by atoms with Gasteiger partial charge in [0.2, 0.25) is 0 Å². The van der Waals surface area contributed by atoms with Crippen LogP contribution in [0.5, 0.6) is 0 Å². The van der Waals surface area contributed by atoms with E-state index >= 15 is 4.39 Å². The molecule has 158 valence electrons. The lowest BCUT2D eigenvalue weighted by Gasteiger charge is -2.35. The van der Waals surface area contributed by atoms with Gasteiger partial charge in [-0.15, -0.1) is 0 Å². The Kier molecular flexibility index (Phi) is 4.16. The van der Waals surface area contributed by atoms with Gasteiger partial charge in [-0.3, -0.25) is 4.79 Å². The van der Waals surface area contributed by atoms with Crippen LogP contribution >= 0.6 is 0 Å². The second-order valence-electron chi connectivity index (χ2n) is 8.78. The molecule has 6 nitrogen and oxygen atoms in total. The van der Waals surface area contributed by atoms with Crippen LogP contribution in [-0.2, 0) is 16.9 Å². The molecule has 3 aromatic rings. The lowest BCUT2D eigenvalue weighted by molar-refractivity contribution is 0.383. The van der Waals surface area contributed by atoms with Gasteiger partial charge in [-0.05, 0) is 49.3 Å². The van der Waals surface area contributed by atoms with Crippen molar-refractivity contribution < 1.29 is 12.8 Å². The molecule has 8 heteroatoms.